The number of imide groups is 1. The third kappa shape index (κ3) is 6.44. The standard InChI is InChI=1S/C25H16BrCl3N2O4S/c26-17-9-14(5-8-21(17)35-13-15-6-7-16(27)11-19(15)29)10-22-24(33)31(25(34)36-22)12-23(32)30-20-4-2-1-3-18(20)28/h1-11H,12-13H2,(H,30,32)/b22-10+. The zero-order valence-corrected chi connectivity index (χ0v) is 22.9. The normalized spacial score (nSPS) is 14.4. The molecule has 6 nitrogen and oxygen atoms in total. The number of ether oxygens (including phenoxy) is 1. The Hall–Kier alpha value is -2.49. The van der Waals surface area contributed by atoms with Gasteiger partial charge in [0, 0.05) is 15.6 Å². The molecule has 36 heavy (non-hydrogen) atoms. The topological polar surface area (TPSA) is 75.7 Å². The van der Waals surface area contributed by atoms with Gasteiger partial charge in [-0.3, -0.25) is 19.3 Å². The number of benzene rings is 3. The number of hydrogen-bond acceptors (Lipinski definition) is 5. The van der Waals surface area contributed by atoms with Crippen molar-refractivity contribution in [3.05, 3.63) is 96.2 Å². The summed E-state index contributed by atoms with van der Waals surface area (Å²) in [5.74, 6) is -0.507. The van der Waals surface area contributed by atoms with E-state index in [0.717, 1.165) is 22.2 Å². The van der Waals surface area contributed by atoms with E-state index >= 15 is 0 Å². The van der Waals surface area contributed by atoms with Gasteiger partial charge in [0.15, 0.2) is 0 Å². The minimum absolute atomic E-state index is 0.207. The highest BCUT2D eigenvalue weighted by molar-refractivity contribution is 9.10. The molecule has 1 saturated heterocycles. The first kappa shape index (κ1) is 26.6. The summed E-state index contributed by atoms with van der Waals surface area (Å²) >= 11 is 22.4. The van der Waals surface area contributed by atoms with Crippen LogP contribution in [-0.2, 0) is 16.2 Å². The lowest BCUT2D eigenvalue weighted by atomic mass is 10.2. The van der Waals surface area contributed by atoms with E-state index in [1.807, 2.05) is 0 Å². The van der Waals surface area contributed by atoms with Crippen molar-refractivity contribution in [2.75, 3.05) is 11.9 Å². The lowest BCUT2D eigenvalue weighted by Crippen LogP contribution is -2.36. The Labute approximate surface area is 234 Å². The van der Waals surface area contributed by atoms with Gasteiger partial charge in [-0.2, -0.15) is 0 Å². The second-order valence-corrected chi connectivity index (χ2v) is 10.6. The molecule has 0 atom stereocenters. The summed E-state index contributed by atoms with van der Waals surface area (Å²) in [5.41, 5.74) is 1.85. The van der Waals surface area contributed by atoms with E-state index in [1.54, 1.807) is 66.7 Å². The van der Waals surface area contributed by atoms with Crippen LogP contribution in [-0.4, -0.2) is 28.5 Å². The van der Waals surface area contributed by atoms with Gasteiger partial charge in [0.1, 0.15) is 18.9 Å². The van der Waals surface area contributed by atoms with E-state index in [1.165, 1.54) is 0 Å². The Kier molecular flexibility index (Phi) is 8.64. The van der Waals surface area contributed by atoms with Gasteiger partial charge in [0.25, 0.3) is 11.1 Å². The minimum atomic E-state index is -0.548. The molecule has 0 unspecified atom stereocenters. The Bertz CT molecular complexity index is 1400. The van der Waals surface area contributed by atoms with Crippen LogP contribution in [0.1, 0.15) is 11.1 Å². The van der Waals surface area contributed by atoms with E-state index in [2.05, 4.69) is 21.2 Å². The molecule has 0 saturated carbocycles. The molecule has 1 aliphatic rings. The van der Waals surface area contributed by atoms with E-state index in [0.29, 0.717) is 36.5 Å². The number of hydrogen-bond donors (Lipinski definition) is 1. The van der Waals surface area contributed by atoms with E-state index in [-0.39, 0.29) is 11.5 Å². The monoisotopic (exact) mass is 624 g/mol. The molecular formula is C25H16BrCl3N2O4S. The molecule has 184 valence electrons. The van der Waals surface area contributed by atoms with E-state index < -0.39 is 23.6 Å². The fourth-order valence-corrected chi connectivity index (χ4v) is 5.20. The number of para-hydroxylation sites is 1. The maximum atomic E-state index is 12.8. The molecule has 1 aliphatic heterocycles. The van der Waals surface area contributed by atoms with E-state index in [9.17, 15) is 14.4 Å². The summed E-state index contributed by atoms with van der Waals surface area (Å²) in [7, 11) is 0. The van der Waals surface area contributed by atoms with Crippen LogP contribution >= 0.6 is 62.5 Å². The molecular weight excluding hydrogens is 611 g/mol. The molecule has 0 aliphatic carbocycles. The van der Waals surface area contributed by atoms with Crippen molar-refractivity contribution in [1.82, 2.24) is 4.90 Å². The first-order valence-corrected chi connectivity index (χ1v) is 13.1. The maximum Gasteiger partial charge on any atom is 0.294 e. The zero-order chi connectivity index (χ0) is 25.8. The third-order valence-corrected chi connectivity index (χ3v) is 7.42. The van der Waals surface area contributed by atoms with Gasteiger partial charge >= 0.3 is 0 Å². The first-order valence-electron chi connectivity index (χ1n) is 10.4. The van der Waals surface area contributed by atoms with Crippen molar-refractivity contribution >= 4 is 91.3 Å². The quantitative estimate of drug-likeness (QED) is 0.273. The van der Waals surface area contributed by atoms with Gasteiger partial charge in [0.2, 0.25) is 5.91 Å². The van der Waals surface area contributed by atoms with Crippen molar-refractivity contribution in [2.24, 2.45) is 0 Å². The summed E-state index contributed by atoms with van der Waals surface area (Å²) in [6.07, 6.45) is 1.58. The highest BCUT2D eigenvalue weighted by Crippen LogP contribution is 2.34. The lowest BCUT2D eigenvalue weighted by Gasteiger charge is -2.13. The second kappa shape index (κ2) is 11.7. The minimum Gasteiger partial charge on any atom is -0.488 e. The highest BCUT2D eigenvalue weighted by atomic mass is 79.9. The fourth-order valence-electron chi connectivity index (χ4n) is 3.20. The molecule has 1 fully saturated rings. The number of nitrogens with zero attached hydrogens (tertiary/aromatic N) is 1. The molecule has 0 aromatic heterocycles. The zero-order valence-electron chi connectivity index (χ0n) is 18.3. The highest BCUT2D eigenvalue weighted by Gasteiger charge is 2.36. The van der Waals surface area contributed by atoms with Crippen LogP contribution in [0.2, 0.25) is 15.1 Å². The maximum absolute atomic E-state index is 12.8. The summed E-state index contributed by atoms with van der Waals surface area (Å²) in [6.45, 7) is -0.181. The van der Waals surface area contributed by atoms with Crippen LogP contribution in [0.4, 0.5) is 10.5 Å². The Morgan fingerprint density at radius 2 is 1.81 bits per heavy atom. The van der Waals surface area contributed by atoms with Crippen LogP contribution in [0.3, 0.4) is 0 Å². The number of anilines is 1. The number of halogens is 4. The number of thioether (sulfide) groups is 1. The largest absolute Gasteiger partial charge is 0.488 e. The number of nitrogens with one attached hydrogen (secondary N) is 1. The lowest BCUT2D eigenvalue weighted by molar-refractivity contribution is -0.127. The van der Waals surface area contributed by atoms with Gasteiger partial charge in [0.05, 0.1) is 20.1 Å². The molecule has 0 spiro atoms. The number of carbonyl (C=O) groups excluding carboxylic acids is 3. The van der Waals surface area contributed by atoms with E-state index in [4.69, 9.17) is 39.5 Å². The summed E-state index contributed by atoms with van der Waals surface area (Å²) in [5, 5.41) is 3.48. The summed E-state index contributed by atoms with van der Waals surface area (Å²) in [4.78, 5) is 38.7. The van der Waals surface area contributed by atoms with Crippen LogP contribution in [0.15, 0.2) is 70.0 Å². The number of amides is 3. The van der Waals surface area contributed by atoms with Crippen LogP contribution in [0.25, 0.3) is 6.08 Å². The Morgan fingerprint density at radius 3 is 2.53 bits per heavy atom. The molecule has 1 N–H and O–H groups in total. The van der Waals surface area contributed by atoms with Crippen molar-refractivity contribution < 1.29 is 19.1 Å². The molecule has 0 radical (unpaired) electrons. The van der Waals surface area contributed by atoms with Crippen molar-refractivity contribution in [3.63, 3.8) is 0 Å². The molecule has 4 rings (SSSR count). The van der Waals surface area contributed by atoms with Gasteiger partial charge in [-0.25, -0.2) is 0 Å². The smallest absolute Gasteiger partial charge is 0.294 e. The average molecular weight is 627 g/mol. The SMILES string of the molecule is O=C(CN1C(=O)S/C(=C/c2ccc(OCc3ccc(Cl)cc3Cl)c(Br)c2)C1=O)Nc1ccccc1Cl. The Morgan fingerprint density at radius 1 is 1.03 bits per heavy atom. The molecule has 3 aromatic rings. The van der Waals surface area contributed by atoms with Gasteiger partial charge in [-0.1, -0.05) is 59.1 Å². The van der Waals surface area contributed by atoms with Gasteiger partial charge < -0.3 is 10.1 Å². The third-order valence-electron chi connectivity index (χ3n) is 4.98. The van der Waals surface area contributed by atoms with Crippen molar-refractivity contribution in [1.29, 1.82) is 0 Å². The average Bonchev–Trinajstić information content (AvgIpc) is 3.08. The van der Waals surface area contributed by atoms with Crippen LogP contribution < -0.4 is 10.1 Å². The molecule has 11 heteroatoms. The molecule has 0 bridgehead atoms. The first-order chi connectivity index (χ1) is 17.2. The fraction of sp³-hybridized carbons (Fsp3) is 0.0800. The van der Waals surface area contributed by atoms with Crippen LogP contribution in [0, 0.1) is 0 Å². The van der Waals surface area contributed by atoms with Crippen molar-refractivity contribution in [2.45, 2.75) is 6.61 Å². The predicted molar refractivity (Wildman–Crippen MR) is 148 cm³/mol. The Balaban J connectivity index is 1.41. The predicted octanol–water partition coefficient (Wildman–Crippen LogP) is 7.66. The summed E-state index contributed by atoms with van der Waals surface area (Å²) in [6, 6.07) is 17.1. The van der Waals surface area contributed by atoms with Crippen LogP contribution in [0.5, 0.6) is 5.75 Å². The van der Waals surface area contributed by atoms with Crippen molar-refractivity contribution in [3.8, 4) is 5.75 Å². The molecule has 3 aromatic carbocycles. The number of rotatable bonds is 7. The summed E-state index contributed by atoms with van der Waals surface area (Å²) < 4.78 is 6.49. The number of carbonyl (C=O) groups is 3. The molecule has 3 amide bonds. The molecule has 1 heterocycles. The van der Waals surface area contributed by atoms with Gasteiger partial charge in [-0.05, 0) is 75.7 Å². The second-order valence-electron chi connectivity index (χ2n) is 7.51. The van der Waals surface area contributed by atoms with Gasteiger partial charge in [-0.15, -0.1) is 0 Å².